The van der Waals surface area contributed by atoms with E-state index in [2.05, 4.69) is 32.0 Å². The molecule has 0 aliphatic carbocycles. The van der Waals surface area contributed by atoms with Crippen LogP contribution in [0.1, 0.15) is 78.9 Å². The number of carbonyl (C=O) groups excluding carboxylic acids is 1. The summed E-state index contributed by atoms with van der Waals surface area (Å²) < 4.78 is 6.79. The van der Waals surface area contributed by atoms with E-state index in [1.807, 2.05) is 29.5 Å². The number of hydrogen-bond acceptors (Lipinski definition) is 4. The van der Waals surface area contributed by atoms with Gasteiger partial charge >= 0.3 is 5.97 Å². The average molecular weight is 415 g/mol. The third kappa shape index (κ3) is 5.92. The van der Waals surface area contributed by atoms with Crippen molar-refractivity contribution in [2.45, 2.75) is 71.6 Å². The van der Waals surface area contributed by atoms with E-state index in [0.717, 1.165) is 12.8 Å². The SMILES string of the molecule is CCCCCCCc1cc2cc(C(=O)Oc3ccc(CCCC)cc3)sc2s1. The van der Waals surface area contributed by atoms with Crippen LogP contribution in [0.15, 0.2) is 36.4 Å². The summed E-state index contributed by atoms with van der Waals surface area (Å²) in [4.78, 5) is 14.6. The van der Waals surface area contributed by atoms with Crippen LogP contribution in [0.25, 0.3) is 9.40 Å². The molecular formula is C24H30O2S2. The molecule has 0 radical (unpaired) electrons. The average Bonchev–Trinajstić information content (AvgIpc) is 3.26. The molecule has 0 spiro atoms. The lowest BCUT2D eigenvalue weighted by Gasteiger charge is -2.04. The van der Waals surface area contributed by atoms with Gasteiger partial charge in [0.1, 0.15) is 10.6 Å². The quantitative estimate of drug-likeness (QED) is 0.180. The fraction of sp³-hybridized carbons (Fsp3) is 0.458. The number of ether oxygens (including phenoxy) is 1. The molecule has 0 fully saturated rings. The maximum absolute atomic E-state index is 12.5. The molecule has 0 bridgehead atoms. The summed E-state index contributed by atoms with van der Waals surface area (Å²) in [5, 5.41) is 1.18. The summed E-state index contributed by atoms with van der Waals surface area (Å²) in [7, 11) is 0. The zero-order valence-corrected chi connectivity index (χ0v) is 18.6. The molecule has 0 unspecified atom stereocenters. The second-order valence-electron chi connectivity index (χ2n) is 7.37. The Morgan fingerprint density at radius 2 is 1.61 bits per heavy atom. The molecule has 3 rings (SSSR count). The fourth-order valence-electron chi connectivity index (χ4n) is 3.28. The minimum Gasteiger partial charge on any atom is -0.422 e. The van der Waals surface area contributed by atoms with Crippen LogP contribution in [0.3, 0.4) is 0 Å². The van der Waals surface area contributed by atoms with E-state index in [1.54, 1.807) is 11.3 Å². The van der Waals surface area contributed by atoms with E-state index >= 15 is 0 Å². The molecule has 28 heavy (non-hydrogen) atoms. The van der Waals surface area contributed by atoms with Gasteiger partial charge in [0, 0.05) is 10.3 Å². The molecule has 2 heterocycles. The van der Waals surface area contributed by atoms with Gasteiger partial charge in [0.05, 0.1) is 4.01 Å². The van der Waals surface area contributed by atoms with Gasteiger partial charge in [0.25, 0.3) is 0 Å². The maximum atomic E-state index is 12.5. The van der Waals surface area contributed by atoms with Gasteiger partial charge in [0.2, 0.25) is 0 Å². The summed E-state index contributed by atoms with van der Waals surface area (Å²) in [5.74, 6) is 0.366. The van der Waals surface area contributed by atoms with Gasteiger partial charge in [-0.1, -0.05) is 58.1 Å². The molecule has 0 N–H and O–H groups in total. The second kappa shape index (κ2) is 10.8. The van der Waals surface area contributed by atoms with Gasteiger partial charge in [-0.2, -0.15) is 0 Å². The predicted molar refractivity (Wildman–Crippen MR) is 122 cm³/mol. The first kappa shape index (κ1) is 21.1. The lowest BCUT2D eigenvalue weighted by Crippen LogP contribution is -2.06. The lowest BCUT2D eigenvalue weighted by molar-refractivity contribution is 0.0740. The summed E-state index contributed by atoms with van der Waals surface area (Å²) in [6, 6.07) is 12.1. The number of aryl methyl sites for hydroxylation is 2. The topological polar surface area (TPSA) is 26.3 Å². The Morgan fingerprint density at radius 3 is 2.32 bits per heavy atom. The number of unbranched alkanes of at least 4 members (excludes halogenated alkanes) is 5. The molecule has 0 aliphatic rings. The first-order valence-corrected chi connectivity index (χ1v) is 12.2. The Labute approximate surface area is 176 Å². The normalized spacial score (nSPS) is 11.2. The summed E-state index contributed by atoms with van der Waals surface area (Å²) in [5.41, 5.74) is 1.29. The van der Waals surface area contributed by atoms with E-state index in [4.69, 9.17) is 4.74 Å². The molecule has 0 saturated carbocycles. The lowest BCUT2D eigenvalue weighted by atomic mass is 10.1. The zero-order valence-electron chi connectivity index (χ0n) is 17.0. The van der Waals surface area contributed by atoms with Crippen molar-refractivity contribution in [1.82, 2.24) is 0 Å². The molecule has 0 saturated heterocycles. The Hall–Kier alpha value is -1.65. The van der Waals surface area contributed by atoms with Crippen LogP contribution in [0.4, 0.5) is 0 Å². The number of thiophene rings is 2. The van der Waals surface area contributed by atoms with Crippen molar-refractivity contribution in [1.29, 1.82) is 0 Å². The number of esters is 1. The van der Waals surface area contributed by atoms with E-state index in [1.165, 1.54) is 64.8 Å². The first-order chi connectivity index (χ1) is 13.7. The molecule has 2 nitrogen and oxygen atoms in total. The molecule has 0 amide bonds. The van der Waals surface area contributed by atoms with Crippen molar-refractivity contribution in [2.75, 3.05) is 0 Å². The highest BCUT2D eigenvalue weighted by molar-refractivity contribution is 7.39. The summed E-state index contributed by atoms with van der Waals surface area (Å²) in [6.45, 7) is 4.44. The van der Waals surface area contributed by atoms with Gasteiger partial charge < -0.3 is 4.74 Å². The number of fused-ring (bicyclic) bond motifs is 1. The molecule has 150 valence electrons. The van der Waals surface area contributed by atoms with Crippen molar-refractivity contribution >= 4 is 38.0 Å². The second-order valence-corrected chi connectivity index (χ2v) is 9.81. The Balaban J connectivity index is 1.54. The largest absolute Gasteiger partial charge is 0.422 e. The molecule has 4 heteroatoms. The third-order valence-electron chi connectivity index (χ3n) is 4.95. The highest BCUT2D eigenvalue weighted by atomic mass is 32.2. The molecule has 0 atom stereocenters. The molecule has 1 aromatic carbocycles. The number of benzene rings is 1. The maximum Gasteiger partial charge on any atom is 0.353 e. The molecular weight excluding hydrogens is 384 g/mol. The fourth-order valence-corrected chi connectivity index (χ4v) is 5.69. The number of hydrogen-bond donors (Lipinski definition) is 0. The standard InChI is InChI=1S/C24H30O2S2/c1-3-5-7-8-9-11-21-16-19-17-22(28-24(19)27-21)23(25)26-20-14-12-18(13-15-20)10-6-4-2/h12-17H,3-11H2,1-2H3. The van der Waals surface area contributed by atoms with Crippen molar-refractivity contribution in [3.05, 3.63) is 51.7 Å². The van der Waals surface area contributed by atoms with Crippen LogP contribution >= 0.6 is 22.7 Å². The Bertz CT molecular complexity index is 842. The van der Waals surface area contributed by atoms with E-state index in [0.29, 0.717) is 10.6 Å². The summed E-state index contributed by atoms with van der Waals surface area (Å²) in [6.07, 6.45) is 11.1. The Morgan fingerprint density at radius 1 is 0.857 bits per heavy atom. The van der Waals surface area contributed by atoms with E-state index in [-0.39, 0.29) is 5.97 Å². The van der Waals surface area contributed by atoms with Crippen LogP contribution in [-0.2, 0) is 12.8 Å². The number of carbonyl (C=O) groups is 1. The highest BCUT2D eigenvalue weighted by Crippen LogP contribution is 2.35. The smallest absolute Gasteiger partial charge is 0.353 e. The summed E-state index contributed by atoms with van der Waals surface area (Å²) >= 11 is 3.38. The van der Waals surface area contributed by atoms with E-state index < -0.39 is 0 Å². The minimum atomic E-state index is -0.254. The monoisotopic (exact) mass is 414 g/mol. The first-order valence-electron chi connectivity index (χ1n) is 10.5. The minimum absolute atomic E-state index is 0.254. The van der Waals surface area contributed by atoms with Crippen molar-refractivity contribution in [2.24, 2.45) is 0 Å². The van der Waals surface area contributed by atoms with E-state index in [9.17, 15) is 4.79 Å². The van der Waals surface area contributed by atoms with Crippen LogP contribution < -0.4 is 4.74 Å². The van der Waals surface area contributed by atoms with Gasteiger partial charge in [-0.05, 0) is 55.5 Å². The molecule has 0 aliphatic heterocycles. The third-order valence-corrected chi connectivity index (χ3v) is 7.38. The number of rotatable bonds is 11. The Kier molecular flexibility index (Phi) is 8.11. The van der Waals surface area contributed by atoms with Gasteiger partial charge in [0.15, 0.2) is 0 Å². The van der Waals surface area contributed by atoms with Gasteiger partial charge in [-0.25, -0.2) is 4.79 Å². The van der Waals surface area contributed by atoms with Crippen molar-refractivity contribution < 1.29 is 9.53 Å². The zero-order chi connectivity index (χ0) is 19.8. The van der Waals surface area contributed by atoms with Crippen LogP contribution in [0.2, 0.25) is 0 Å². The predicted octanol–water partition coefficient (Wildman–Crippen LogP) is 8.04. The van der Waals surface area contributed by atoms with Crippen LogP contribution in [-0.4, -0.2) is 5.97 Å². The van der Waals surface area contributed by atoms with Crippen LogP contribution in [0.5, 0.6) is 5.75 Å². The molecule has 3 aromatic rings. The van der Waals surface area contributed by atoms with Crippen molar-refractivity contribution in [3.8, 4) is 5.75 Å². The highest BCUT2D eigenvalue weighted by Gasteiger charge is 2.15. The van der Waals surface area contributed by atoms with Crippen LogP contribution in [0, 0.1) is 0 Å². The molecule has 2 aromatic heterocycles. The van der Waals surface area contributed by atoms with Gasteiger partial charge in [-0.15, -0.1) is 22.7 Å². The van der Waals surface area contributed by atoms with Crippen molar-refractivity contribution in [3.63, 3.8) is 0 Å². The van der Waals surface area contributed by atoms with Gasteiger partial charge in [-0.3, -0.25) is 0 Å².